The lowest BCUT2D eigenvalue weighted by atomic mass is 9.88. The lowest BCUT2D eigenvalue weighted by Crippen LogP contribution is -2.21. The molecule has 2 unspecified atom stereocenters. The van der Waals surface area contributed by atoms with Crippen molar-refractivity contribution < 1.29 is 14.6 Å². The van der Waals surface area contributed by atoms with Gasteiger partial charge >= 0.3 is 5.97 Å². The van der Waals surface area contributed by atoms with Crippen LogP contribution in [0.3, 0.4) is 0 Å². The highest BCUT2D eigenvalue weighted by Crippen LogP contribution is 2.35. The van der Waals surface area contributed by atoms with Crippen LogP contribution in [0.4, 0.5) is 0 Å². The molecule has 1 aromatic rings. The molecule has 0 spiro atoms. The number of carbonyl (C=O) groups is 1. The number of hydrogen-bond acceptors (Lipinski definition) is 3. The summed E-state index contributed by atoms with van der Waals surface area (Å²) in [5.74, 6) is -0.440. The van der Waals surface area contributed by atoms with Gasteiger partial charge < -0.3 is 15.2 Å². The topological polar surface area (TPSA) is 58.6 Å². The first kappa shape index (κ1) is 12.4. The highest BCUT2D eigenvalue weighted by Gasteiger charge is 2.35. The van der Waals surface area contributed by atoms with Gasteiger partial charge in [-0.15, -0.1) is 0 Å². The maximum absolute atomic E-state index is 11.2. The molecule has 4 nitrogen and oxygen atoms in total. The second kappa shape index (κ2) is 5.06. The fourth-order valence-electron chi connectivity index (χ4n) is 2.26. The van der Waals surface area contributed by atoms with Gasteiger partial charge in [-0.3, -0.25) is 4.79 Å². The van der Waals surface area contributed by atoms with Crippen LogP contribution in [0.1, 0.15) is 11.5 Å². The third-order valence-corrected chi connectivity index (χ3v) is 3.62. The second-order valence-electron chi connectivity index (χ2n) is 4.10. The Kier molecular flexibility index (Phi) is 3.69. The van der Waals surface area contributed by atoms with Crippen LogP contribution in [0.5, 0.6) is 5.75 Å². The van der Waals surface area contributed by atoms with Gasteiger partial charge in [0, 0.05) is 23.5 Å². The van der Waals surface area contributed by atoms with E-state index in [9.17, 15) is 9.90 Å². The van der Waals surface area contributed by atoms with Crippen molar-refractivity contribution in [3.63, 3.8) is 0 Å². The molecular formula is C12H14BrNO3. The van der Waals surface area contributed by atoms with Gasteiger partial charge in [-0.25, -0.2) is 0 Å². The third kappa shape index (κ3) is 2.45. The Labute approximate surface area is 108 Å². The van der Waals surface area contributed by atoms with E-state index in [1.807, 2.05) is 18.2 Å². The molecule has 0 radical (unpaired) electrons. The number of nitrogens with one attached hydrogen (secondary N) is 1. The van der Waals surface area contributed by atoms with Crippen molar-refractivity contribution in [2.24, 2.45) is 5.92 Å². The second-order valence-corrected chi connectivity index (χ2v) is 5.01. The molecule has 5 heteroatoms. The molecule has 1 heterocycles. The van der Waals surface area contributed by atoms with Crippen molar-refractivity contribution >= 4 is 21.9 Å². The molecule has 1 fully saturated rings. The molecule has 0 aromatic heterocycles. The van der Waals surface area contributed by atoms with E-state index in [1.165, 1.54) is 0 Å². The number of halogens is 1. The Balaban J connectivity index is 2.36. The predicted octanol–water partition coefficient (Wildman–Crippen LogP) is 1.85. The molecule has 2 atom stereocenters. The Morgan fingerprint density at radius 3 is 2.94 bits per heavy atom. The van der Waals surface area contributed by atoms with Crippen molar-refractivity contribution in [3.8, 4) is 5.75 Å². The lowest BCUT2D eigenvalue weighted by Gasteiger charge is -2.18. The first-order chi connectivity index (χ1) is 8.13. The summed E-state index contributed by atoms with van der Waals surface area (Å²) >= 11 is 3.38. The first-order valence-corrected chi connectivity index (χ1v) is 6.19. The SMILES string of the molecule is COc1cc(Br)ccc1C1CNCC1C(=O)O. The molecule has 0 bridgehead atoms. The van der Waals surface area contributed by atoms with E-state index in [1.54, 1.807) is 7.11 Å². The number of carboxylic acids is 1. The summed E-state index contributed by atoms with van der Waals surface area (Å²) in [4.78, 5) is 11.2. The number of hydrogen-bond donors (Lipinski definition) is 2. The molecular weight excluding hydrogens is 286 g/mol. The minimum atomic E-state index is -0.759. The van der Waals surface area contributed by atoms with Crippen molar-refractivity contribution in [1.29, 1.82) is 0 Å². The molecule has 1 aliphatic heterocycles. The maximum Gasteiger partial charge on any atom is 0.308 e. The largest absolute Gasteiger partial charge is 0.496 e. The van der Waals surface area contributed by atoms with Gasteiger partial charge in [0.15, 0.2) is 0 Å². The smallest absolute Gasteiger partial charge is 0.308 e. The van der Waals surface area contributed by atoms with E-state index in [2.05, 4.69) is 21.2 Å². The zero-order valence-electron chi connectivity index (χ0n) is 9.44. The number of ether oxygens (including phenoxy) is 1. The summed E-state index contributed by atoms with van der Waals surface area (Å²) in [6.45, 7) is 1.19. The van der Waals surface area contributed by atoms with Gasteiger partial charge in [0.25, 0.3) is 0 Å². The highest BCUT2D eigenvalue weighted by molar-refractivity contribution is 9.10. The average Bonchev–Trinajstić information content (AvgIpc) is 2.77. The van der Waals surface area contributed by atoms with E-state index in [0.29, 0.717) is 13.1 Å². The number of rotatable bonds is 3. The van der Waals surface area contributed by atoms with Crippen LogP contribution < -0.4 is 10.1 Å². The Bertz CT molecular complexity index is 436. The number of aliphatic carboxylic acids is 1. The Morgan fingerprint density at radius 2 is 2.29 bits per heavy atom. The lowest BCUT2D eigenvalue weighted by molar-refractivity contribution is -0.141. The van der Waals surface area contributed by atoms with Crippen molar-refractivity contribution in [3.05, 3.63) is 28.2 Å². The van der Waals surface area contributed by atoms with E-state index < -0.39 is 5.97 Å². The molecule has 0 amide bonds. The standard InChI is InChI=1S/C12H14BrNO3/c1-17-11-4-7(13)2-3-8(11)9-5-14-6-10(9)12(15)16/h2-4,9-10,14H,5-6H2,1H3,(H,15,16). The van der Waals surface area contributed by atoms with Crippen molar-refractivity contribution in [1.82, 2.24) is 5.32 Å². The van der Waals surface area contributed by atoms with Crippen LogP contribution in [0, 0.1) is 5.92 Å². The monoisotopic (exact) mass is 299 g/mol. The van der Waals surface area contributed by atoms with E-state index in [4.69, 9.17) is 4.74 Å². The number of carboxylic acid groups (broad SMARTS) is 1. The highest BCUT2D eigenvalue weighted by atomic mass is 79.9. The van der Waals surface area contributed by atoms with Gasteiger partial charge in [0.2, 0.25) is 0 Å². The summed E-state index contributed by atoms with van der Waals surface area (Å²) in [6, 6.07) is 5.71. The fourth-order valence-corrected chi connectivity index (χ4v) is 2.60. The van der Waals surface area contributed by atoms with Crippen molar-refractivity contribution in [2.45, 2.75) is 5.92 Å². The Hall–Kier alpha value is -1.07. The van der Waals surface area contributed by atoms with Gasteiger partial charge in [0.05, 0.1) is 13.0 Å². The molecule has 0 aliphatic carbocycles. The van der Waals surface area contributed by atoms with Crippen molar-refractivity contribution in [2.75, 3.05) is 20.2 Å². The summed E-state index contributed by atoms with van der Waals surface area (Å²) in [7, 11) is 1.60. The Morgan fingerprint density at radius 1 is 1.53 bits per heavy atom. The van der Waals surface area contributed by atoms with Gasteiger partial charge in [0.1, 0.15) is 5.75 Å². The molecule has 1 aliphatic rings. The molecule has 2 rings (SSSR count). The van der Waals surface area contributed by atoms with Crippen LogP contribution in [0.25, 0.3) is 0 Å². The van der Waals surface area contributed by atoms with E-state index >= 15 is 0 Å². The molecule has 17 heavy (non-hydrogen) atoms. The summed E-state index contributed by atoms with van der Waals surface area (Å²) in [5, 5.41) is 12.3. The van der Waals surface area contributed by atoms with Gasteiger partial charge in [-0.2, -0.15) is 0 Å². The molecule has 2 N–H and O–H groups in total. The van der Waals surface area contributed by atoms with Crippen LogP contribution in [-0.4, -0.2) is 31.3 Å². The zero-order chi connectivity index (χ0) is 12.4. The summed E-state index contributed by atoms with van der Waals surface area (Å²) < 4.78 is 6.24. The zero-order valence-corrected chi connectivity index (χ0v) is 11.0. The molecule has 1 saturated heterocycles. The van der Waals surface area contributed by atoms with E-state index in [-0.39, 0.29) is 11.8 Å². The van der Waals surface area contributed by atoms with Crippen LogP contribution >= 0.6 is 15.9 Å². The third-order valence-electron chi connectivity index (χ3n) is 3.13. The van der Waals surface area contributed by atoms with Crippen LogP contribution in [0.2, 0.25) is 0 Å². The molecule has 0 saturated carbocycles. The van der Waals surface area contributed by atoms with Gasteiger partial charge in [-0.05, 0) is 17.7 Å². The average molecular weight is 300 g/mol. The minimum absolute atomic E-state index is 0.0319. The van der Waals surface area contributed by atoms with E-state index in [0.717, 1.165) is 15.8 Å². The number of benzene rings is 1. The minimum Gasteiger partial charge on any atom is -0.496 e. The quantitative estimate of drug-likeness (QED) is 0.894. The first-order valence-electron chi connectivity index (χ1n) is 5.40. The van der Waals surface area contributed by atoms with Crippen LogP contribution in [-0.2, 0) is 4.79 Å². The van der Waals surface area contributed by atoms with Gasteiger partial charge in [-0.1, -0.05) is 22.0 Å². The molecule has 1 aromatic carbocycles. The molecule has 92 valence electrons. The summed E-state index contributed by atoms with van der Waals surface area (Å²) in [5.41, 5.74) is 0.952. The summed E-state index contributed by atoms with van der Waals surface area (Å²) in [6.07, 6.45) is 0. The number of methoxy groups -OCH3 is 1. The fraction of sp³-hybridized carbons (Fsp3) is 0.417. The normalized spacial score (nSPS) is 23.6. The van der Waals surface area contributed by atoms with Crippen LogP contribution in [0.15, 0.2) is 22.7 Å². The predicted molar refractivity (Wildman–Crippen MR) is 67.4 cm³/mol. The maximum atomic E-state index is 11.2.